The van der Waals surface area contributed by atoms with Gasteiger partial charge in [0.05, 0.1) is 19.3 Å². The predicted octanol–water partition coefficient (Wildman–Crippen LogP) is 1.61. The van der Waals surface area contributed by atoms with E-state index in [1.165, 1.54) is 0 Å². The van der Waals surface area contributed by atoms with Gasteiger partial charge in [0.2, 0.25) is 5.91 Å². The maximum Gasteiger partial charge on any atom is 0.251 e. The van der Waals surface area contributed by atoms with E-state index >= 15 is 0 Å². The summed E-state index contributed by atoms with van der Waals surface area (Å²) in [4.78, 5) is 28.6. The molecule has 3 rings (SSSR count). The first-order valence-electron chi connectivity index (χ1n) is 8.83. The number of nitrogens with zero attached hydrogens (tertiary/aromatic N) is 2. The van der Waals surface area contributed by atoms with Crippen LogP contribution in [-0.4, -0.2) is 74.2 Å². The molecule has 2 aliphatic rings. The summed E-state index contributed by atoms with van der Waals surface area (Å²) in [6.07, 6.45) is 1.48. The second-order valence-corrected chi connectivity index (χ2v) is 6.93. The molecule has 1 atom stereocenters. The first-order valence-corrected chi connectivity index (χ1v) is 9.21. The number of halogens is 1. The lowest BCUT2D eigenvalue weighted by atomic mass is 10.2. The third-order valence-electron chi connectivity index (χ3n) is 4.69. The smallest absolute Gasteiger partial charge is 0.251 e. The summed E-state index contributed by atoms with van der Waals surface area (Å²) in [7, 11) is 1.54. The van der Waals surface area contributed by atoms with Gasteiger partial charge in [-0.25, -0.2) is 0 Å². The number of rotatable bonds is 5. The fourth-order valence-electron chi connectivity index (χ4n) is 3.27. The zero-order valence-corrected chi connectivity index (χ0v) is 15.6. The standard InChI is InChI=1S/C18H24ClN3O4/c1-25-15-5-4-13(19)11-14(15)20-17(23)12-21-6-8-22(9-7-21)18(24)16-3-2-10-26-16/h4-5,11,16H,2-3,6-10,12H2,1H3,(H,20,23)/t16-/m0/s1. The minimum Gasteiger partial charge on any atom is -0.495 e. The number of hydrogen-bond donors (Lipinski definition) is 1. The zero-order chi connectivity index (χ0) is 18.5. The molecule has 1 aromatic rings. The van der Waals surface area contributed by atoms with Crippen molar-refractivity contribution in [2.45, 2.75) is 18.9 Å². The molecule has 2 amide bonds. The van der Waals surface area contributed by atoms with Crippen LogP contribution in [0.2, 0.25) is 5.02 Å². The Morgan fingerprint density at radius 1 is 1.31 bits per heavy atom. The molecule has 2 heterocycles. The number of ether oxygens (including phenoxy) is 2. The van der Waals surface area contributed by atoms with Crippen molar-refractivity contribution in [1.82, 2.24) is 9.80 Å². The van der Waals surface area contributed by atoms with Gasteiger partial charge in [-0.15, -0.1) is 0 Å². The monoisotopic (exact) mass is 381 g/mol. The highest BCUT2D eigenvalue weighted by atomic mass is 35.5. The molecule has 0 aromatic heterocycles. The van der Waals surface area contributed by atoms with Gasteiger partial charge < -0.3 is 19.7 Å². The SMILES string of the molecule is COc1ccc(Cl)cc1NC(=O)CN1CCN(C(=O)[C@@H]2CCCO2)CC1. The Kier molecular flexibility index (Phi) is 6.34. The van der Waals surface area contributed by atoms with Crippen molar-refractivity contribution in [3.63, 3.8) is 0 Å². The maximum atomic E-state index is 12.3. The Hall–Kier alpha value is -1.83. The van der Waals surface area contributed by atoms with Crippen LogP contribution in [0.1, 0.15) is 12.8 Å². The molecular formula is C18H24ClN3O4. The van der Waals surface area contributed by atoms with Crippen molar-refractivity contribution < 1.29 is 19.1 Å². The Morgan fingerprint density at radius 3 is 2.73 bits per heavy atom. The third kappa shape index (κ3) is 4.66. The molecule has 7 nitrogen and oxygen atoms in total. The average Bonchev–Trinajstić information content (AvgIpc) is 3.16. The van der Waals surface area contributed by atoms with Gasteiger partial charge in [-0.2, -0.15) is 0 Å². The molecule has 0 unspecified atom stereocenters. The summed E-state index contributed by atoms with van der Waals surface area (Å²) in [6, 6.07) is 5.09. The van der Waals surface area contributed by atoms with Crippen molar-refractivity contribution >= 4 is 29.1 Å². The van der Waals surface area contributed by atoms with Crippen molar-refractivity contribution in [2.24, 2.45) is 0 Å². The van der Waals surface area contributed by atoms with E-state index < -0.39 is 0 Å². The van der Waals surface area contributed by atoms with Gasteiger partial charge in [0.15, 0.2) is 0 Å². The van der Waals surface area contributed by atoms with E-state index in [9.17, 15) is 9.59 Å². The van der Waals surface area contributed by atoms with Gasteiger partial charge in [-0.05, 0) is 31.0 Å². The maximum absolute atomic E-state index is 12.3. The Morgan fingerprint density at radius 2 is 2.08 bits per heavy atom. The first kappa shape index (κ1) is 18.9. The summed E-state index contributed by atoms with van der Waals surface area (Å²) in [6.45, 7) is 3.50. The highest BCUT2D eigenvalue weighted by molar-refractivity contribution is 6.31. The van der Waals surface area contributed by atoms with Crippen LogP contribution in [0.4, 0.5) is 5.69 Å². The molecule has 26 heavy (non-hydrogen) atoms. The van der Waals surface area contributed by atoms with Gasteiger partial charge in [-0.1, -0.05) is 11.6 Å². The minimum absolute atomic E-state index is 0.0789. The largest absolute Gasteiger partial charge is 0.495 e. The van der Waals surface area contributed by atoms with Gasteiger partial charge >= 0.3 is 0 Å². The zero-order valence-electron chi connectivity index (χ0n) is 14.9. The number of methoxy groups -OCH3 is 1. The van der Waals surface area contributed by atoms with E-state index in [2.05, 4.69) is 5.32 Å². The number of carbonyl (C=O) groups excluding carboxylic acids is 2. The molecule has 8 heteroatoms. The first-order chi connectivity index (χ1) is 12.6. The highest BCUT2D eigenvalue weighted by Gasteiger charge is 2.30. The summed E-state index contributed by atoms with van der Waals surface area (Å²) in [5.74, 6) is 0.509. The van der Waals surface area contributed by atoms with E-state index in [0.717, 1.165) is 12.8 Å². The van der Waals surface area contributed by atoms with E-state index in [0.29, 0.717) is 49.2 Å². The third-order valence-corrected chi connectivity index (χ3v) is 4.93. The lowest BCUT2D eigenvalue weighted by Crippen LogP contribution is -2.52. The molecule has 1 aromatic carbocycles. The molecule has 0 spiro atoms. The number of amides is 2. The number of anilines is 1. The second-order valence-electron chi connectivity index (χ2n) is 6.50. The summed E-state index contributed by atoms with van der Waals surface area (Å²) < 4.78 is 10.7. The molecule has 0 radical (unpaired) electrons. The van der Waals surface area contributed by atoms with Crippen LogP contribution in [0.25, 0.3) is 0 Å². The fourth-order valence-corrected chi connectivity index (χ4v) is 3.45. The number of piperazine rings is 1. The van der Waals surface area contributed by atoms with Crippen LogP contribution in [0.5, 0.6) is 5.75 Å². The second kappa shape index (κ2) is 8.70. The number of carbonyl (C=O) groups is 2. The lowest BCUT2D eigenvalue weighted by Gasteiger charge is -2.35. The molecule has 2 saturated heterocycles. The van der Waals surface area contributed by atoms with Crippen molar-refractivity contribution in [3.05, 3.63) is 23.2 Å². The molecule has 2 aliphatic heterocycles. The molecule has 1 N–H and O–H groups in total. The fraction of sp³-hybridized carbons (Fsp3) is 0.556. The normalized spacial score (nSPS) is 20.8. The van der Waals surface area contributed by atoms with Gasteiger partial charge in [0.1, 0.15) is 11.9 Å². The molecule has 142 valence electrons. The Bertz CT molecular complexity index is 656. The Balaban J connectivity index is 1.47. The molecule has 0 aliphatic carbocycles. The van der Waals surface area contributed by atoms with Crippen molar-refractivity contribution in [2.75, 3.05) is 51.8 Å². The van der Waals surface area contributed by atoms with Crippen LogP contribution >= 0.6 is 11.6 Å². The molecule has 2 fully saturated rings. The van der Waals surface area contributed by atoms with E-state index in [-0.39, 0.29) is 24.5 Å². The van der Waals surface area contributed by atoms with Gasteiger partial charge in [0.25, 0.3) is 5.91 Å². The van der Waals surface area contributed by atoms with Crippen LogP contribution in [0.15, 0.2) is 18.2 Å². The Labute approximate surface area is 158 Å². The molecule has 0 saturated carbocycles. The number of nitrogens with one attached hydrogen (secondary N) is 1. The van der Waals surface area contributed by atoms with Gasteiger partial charge in [-0.3, -0.25) is 14.5 Å². The predicted molar refractivity (Wildman–Crippen MR) is 98.6 cm³/mol. The summed E-state index contributed by atoms with van der Waals surface area (Å²) in [5, 5.41) is 3.37. The minimum atomic E-state index is -0.278. The number of benzene rings is 1. The topological polar surface area (TPSA) is 71.1 Å². The molecular weight excluding hydrogens is 358 g/mol. The van der Waals surface area contributed by atoms with E-state index in [4.69, 9.17) is 21.1 Å². The lowest BCUT2D eigenvalue weighted by molar-refractivity contribution is -0.142. The quantitative estimate of drug-likeness (QED) is 0.839. The molecule has 0 bridgehead atoms. The summed E-state index contributed by atoms with van der Waals surface area (Å²) in [5.41, 5.74) is 0.553. The van der Waals surface area contributed by atoms with Crippen molar-refractivity contribution in [3.8, 4) is 5.75 Å². The van der Waals surface area contributed by atoms with Crippen molar-refractivity contribution in [1.29, 1.82) is 0 Å². The average molecular weight is 382 g/mol. The summed E-state index contributed by atoms with van der Waals surface area (Å²) >= 11 is 5.98. The van der Waals surface area contributed by atoms with Crippen LogP contribution in [0, 0.1) is 0 Å². The van der Waals surface area contributed by atoms with Crippen LogP contribution in [-0.2, 0) is 14.3 Å². The number of hydrogen-bond acceptors (Lipinski definition) is 5. The van der Waals surface area contributed by atoms with E-state index in [1.54, 1.807) is 25.3 Å². The highest BCUT2D eigenvalue weighted by Crippen LogP contribution is 2.27. The van der Waals surface area contributed by atoms with Gasteiger partial charge in [0, 0.05) is 37.8 Å². The van der Waals surface area contributed by atoms with E-state index in [1.807, 2.05) is 9.80 Å². The van der Waals surface area contributed by atoms with Crippen LogP contribution < -0.4 is 10.1 Å². The van der Waals surface area contributed by atoms with Crippen LogP contribution in [0.3, 0.4) is 0 Å².